The lowest BCUT2D eigenvalue weighted by Crippen LogP contribution is -2.52. The van der Waals surface area contributed by atoms with Crippen molar-refractivity contribution in [1.82, 2.24) is 10.6 Å². The largest absolute Gasteiger partial charge is 0.480 e. The molecule has 0 bridgehead atoms. The Bertz CT molecular complexity index is 672. The van der Waals surface area contributed by atoms with Gasteiger partial charge in [0.05, 0.1) is 0 Å². The van der Waals surface area contributed by atoms with Gasteiger partial charge in [0.25, 0.3) is 5.91 Å². The van der Waals surface area contributed by atoms with E-state index in [-0.39, 0.29) is 17.7 Å². The van der Waals surface area contributed by atoms with Crippen LogP contribution in [0.5, 0.6) is 0 Å². The zero-order valence-electron chi connectivity index (χ0n) is 14.9. The summed E-state index contributed by atoms with van der Waals surface area (Å²) in [6.45, 7) is 0.441. The Morgan fingerprint density at radius 3 is 2.19 bits per heavy atom. The van der Waals surface area contributed by atoms with Gasteiger partial charge in [-0.2, -0.15) is 0 Å². The molecule has 6 heteroatoms. The number of carboxylic acid groups (broad SMARTS) is 1. The van der Waals surface area contributed by atoms with E-state index in [1.54, 1.807) is 24.3 Å². The first-order chi connectivity index (χ1) is 12.5. The molecule has 2 aliphatic carbocycles. The fourth-order valence-electron chi connectivity index (χ4n) is 3.96. The third-order valence-electron chi connectivity index (χ3n) is 5.63. The molecule has 2 aliphatic rings. The molecule has 1 aromatic carbocycles. The minimum Gasteiger partial charge on any atom is -0.480 e. The number of carbonyl (C=O) groups is 3. The molecule has 3 rings (SSSR count). The van der Waals surface area contributed by atoms with Crippen LogP contribution in [-0.4, -0.2) is 28.4 Å². The summed E-state index contributed by atoms with van der Waals surface area (Å²) >= 11 is 0. The lowest BCUT2D eigenvalue weighted by atomic mass is 9.97. The van der Waals surface area contributed by atoms with Crippen molar-refractivity contribution in [2.75, 3.05) is 0 Å². The monoisotopic (exact) mass is 358 g/mol. The van der Waals surface area contributed by atoms with Gasteiger partial charge in [0, 0.05) is 18.0 Å². The number of rotatable bonds is 6. The van der Waals surface area contributed by atoms with E-state index in [1.165, 1.54) is 0 Å². The molecular weight excluding hydrogens is 332 g/mol. The Balaban J connectivity index is 1.55. The highest BCUT2D eigenvalue weighted by Gasteiger charge is 2.42. The topological polar surface area (TPSA) is 95.5 Å². The zero-order valence-corrected chi connectivity index (χ0v) is 14.9. The lowest BCUT2D eigenvalue weighted by molar-refractivity contribution is -0.144. The van der Waals surface area contributed by atoms with Gasteiger partial charge in [-0.3, -0.25) is 9.59 Å². The normalized spacial score (nSPS) is 19.2. The van der Waals surface area contributed by atoms with Gasteiger partial charge in [-0.15, -0.1) is 0 Å². The maximum Gasteiger partial charge on any atom is 0.329 e. The zero-order chi connectivity index (χ0) is 18.6. The fourth-order valence-corrected chi connectivity index (χ4v) is 3.96. The van der Waals surface area contributed by atoms with Crippen molar-refractivity contribution in [3.05, 3.63) is 35.4 Å². The van der Waals surface area contributed by atoms with Crippen molar-refractivity contribution in [1.29, 1.82) is 0 Å². The molecule has 1 aromatic rings. The van der Waals surface area contributed by atoms with Gasteiger partial charge in [0.2, 0.25) is 5.91 Å². The third-order valence-corrected chi connectivity index (χ3v) is 5.63. The second kappa shape index (κ2) is 7.89. The molecule has 0 aromatic heterocycles. The van der Waals surface area contributed by atoms with Crippen LogP contribution in [0.1, 0.15) is 67.3 Å². The van der Waals surface area contributed by atoms with Gasteiger partial charge >= 0.3 is 5.97 Å². The molecule has 140 valence electrons. The summed E-state index contributed by atoms with van der Waals surface area (Å²) in [7, 11) is 0. The van der Waals surface area contributed by atoms with Crippen molar-refractivity contribution in [2.45, 2.75) is 63.5 Å². The standard InChI is InChI=1S/C20H26N2O4/c23-17(15-5-1-2-6-15)21-13-14-7-9-16(10-8-14)18(24)22-20(19(25)26)11-3-4-12-20/h7-10,15H,1-6,11-13H2,(H,21,23)(H,22,24)(H,25,26). The second-order valence-electron chi connectivity index (χ2n) is 7.44. The predicted molar refractivity (Wildman–Crippen MR) is 96.5 cm³/mol. The van der Waals surface area contributed by atoms with E-state index in [9.17, 15) is 19.5 Å². The maximum absolute atomic E-state index is 12.4. The first-order valence-electron chi connectivity index (χ1n) is 9.43. The predicted octanol–water partition coefficient (Wildman–Crippen LogP) is 2.62. The van der Waals surface area contributed by atoms with E-state index in [0.717, 1.165) is 44.1 Å². The SMILES string of the molecule is O=C(NC1(C(=O)O)CCCC1)c1ccc(CNC(=O)C2CCCC2)cc1. The van der Waals surface area contributed by atoms with Crippen LogP contribution in [0.25, 0.3) is 0 Å². The van der Waals surface area contributed by atoms with Crippen LogP contribution in [0.2, 0.25) is 0 Å². The maximum atomic E-state index is 12.4. The molecule has 26 heavy (non-hydrogen) atoms. The second-order valence-corrected chi connectivity index (χ2v) is 7.44. The van der Waals surface area contributed by atoms with Crippen LogP contribution in [-0.2, 0) is 16.1 Å². The number of amides is 2. The molecule has 0 saturated heterocycles. The van der Waals surface area contributed by atoms with Crippen LogP contribution >= 0.6 is 0 Å². The summed E-state index contributed by atoms with van der Waals surface area (Å²) < 4.78 is 0. The van der Waals surface area contributed by atoms with E-state index in [1.807, 2.05) is 0 Å². The molecule has 6 nitrogen and oxygen atoms in total. The fraction of sp³-hybridized carbons (Fsp3) is 0.550. The molecule has 2 fully saturated rings. The van der Waals surface area contributed by atoms with E-state index in [2.05, 4.69) is 10.6 Å². The lowest BCUT2D eigenvalue weighted by Gasteiger charge is -2.25. The van der Waals surface area contributed by atoms with Crippen molar-refractivity contribution >= 4 is 17.8 Å². The highest BCUT2D eigenvalue weighted by molar-refractivity contribution is 5.98. The average molecular weight is 358 g/mol. The smallest absolute Gasteiger partial charge is 0.329 e. The molecule has 0 radical (unpaired) electrons. The molecule has 2 amide bonds. The number of hydrogen-bond donors (Lipinski definition) is 3. The van der Waals surface area contributed by atoms with Crippen LogP contribution in [0.3, 0.4) is 0 Å². The molecule has 0 spiro atoms. The first-order valence-corrected chi connectivity index (χ1v) is 9.43. The summed E-state index contributed by atoms with van der Waals surface area (Å²) in [5, 5.41) is 15.1. The number of benzene rings is 1. The molecule has 3 N–H and O–H groups in total. The Labute approximate surface area is 153 Å². The van der Waals surface area contributed by atoms with Crippen LogP contribution in [0.15, 0.2) is 24.3 Å². The summed E-state index contributed by atoms with van der Waals surface area (Å²) in [6.07, 6.45) is 6.75. The summed E-state index contributed by atoms with van der Waals surface area (Å²) in [5.41, 5.74) is 0.218. The number of carbonyl (C=O) groups excluding carboxylic acids is 2. The summed E-state index contributed by atoms with van der Waals surface area (Å²) in [4.78, 5) is 36.0. The van der Waals surface area contributed by atoms with Crippen molar-refractivity contribution in [3.8, 4) is 0 Å². The molecule has 0 heterocycles. The Morgan fingerprint density at radius 1 is 1.00 bits per heavy atom. The van der Waals surface area contributed by atoms with Gasteiger partial charge in [-0.1, -0.05) is 37.8 Å². The Hall–Kier alpha value is -2.37. The van der Waals surface area contributed by atoms with Crippen LogP contribution < -0.4 is 10.6 Å². The van der Waals surface area contributed by atoms with Gasteiger partial charge in [-0.25, -0.2) is 4.79 Å². The molecular formula is C20H26N2O4. The van der Waals surface area contributed by atoms with E-state index < -0.39 is 11.5 Å². The molecule has 0 aliphatic heterocycles. The Kier molecular flexibility index (Phi) is 5.59. The first kappa shape index (κ1) is 18.4. The minimum atomic E-state index is -1.13. The number of carboxylic acids is 1. The van der Waals surface area contributed by atoms with E-state index in [0.29, 0.717) is 24.9 Å². The molecule has 0 unspecified atom stereocenters. The van der Waals surface area contributed by atoms with Gasteiger partial charge < -0.3 is 15.7 Å². The van der Waals surface area contributed by atoms with Crippen molar-refractivity contribution < 1.29 is 19.5 Å². The summed E-state index contributed by atoms with van der Waals surface area (Å²) in [6, 6.07) is 6.95. The van der Waals surface area contributed by atoms with Gasteiger partial charge in [-0.05, 0) is 43.4 Å². The number of nitrogens with one attached hydrogen (secondary N) is 2. The number of hydrogen-bond acceptors (Lipinski definition) is 3. The van der Waals surface area contributed by atoms with E-state index in [4.69, 9.17) is 0 Å². The Morgan fingerprint density at radius 2 is 1.62 bits per heavy atom. The highest BCUT2D eigenvalue weighted by Crippen LogP contribution is 2.30. The average Bonchev–Trinajstić information content (AvgIpc) is 3.32. The quantitative estimate of drug-likeness (QED) is 0.728. The van der Waals surface area contributed by atoms with Crippen molar-refractivity contribution in [3.63, 3.8) is 0 Å². The minimum absolute atomic E-state index is 0.106. The molecule has 0 atom stereocenters. The van der Waals surface area contributed by atoms with Gasteiger partial charge in [0.1, 0.15) is 5.54 Å². The van der Waals surface area contributed by atoms with Crippen molar-refractivity contribution in [2.24, 2.45) is 5.92 Å². The number of aliphatic carboxylic acids is 1. The van der Waals surface area contributed by atoms with E-state index >= 15 is 0 Å². The van der Waals surface area contributed by atoms with Gasteiger partial charge in [0.15, 0.2) is 0 Å². The van der Waals surface area contributed by atoms with Crippen LogP contribution in [0, 0.1) is 5.92 Å². The third kappa shape index (κ3) is 4.06. The van der Waals surface area contributed by atoms with Crippen LogP contribution in [0.4, 0.5) is 0 Å². The highest BCUT2D eigenvalue weighted by atomic mass is 16.4. The summed E-state index contributed by atoms with van der Waals surface area (Å²) in [5.74, 6) is -1.09. The molecule has 2 saturated carbocycles.